The number of benzene rings is 2. The molecule has 0 aliphatic heterocycles. The topological polar surface area (TPSA) is 52.0 Å². The lowest BCUT2D eigenvalue weighted by molar-refractivity contribution is 0.103. The molecule has 0 spiro atoms. The van der Waals surface area contributed by atoms with E-state index in [0.29, 0.717) is 28.2 Å². The van der Waals surface area contributed by atoms with Crippen LogP contribution in [0.2, 0.25) is 5.02 Å². The molecule has 0 radical (unpaired) electrons. The first-order valence-electron chi connectivity index (χ1n) is 9.29. The van der Waals surface area contributed by atoms with Gasteiger partial charge in [0.05, 0.1) is 10.9 Å². The predicted octanol–water partition coefficient (Wildman–Crippen LogP) is 4.95. The van der Waals surface area contributed by atoms with E-state index >= 15 is 0 Å². The molecule has 29 heavy (non-hydrogen) atoms. The standard InChI is InChI=1S/C24H19ClN2O2/c1-15-6-9-17(10-7-15)13-27-14-21(22(28)18-4-3-5-19(25)12-18)23(29)20-11-8-16(2)26-24(20)27/h3-12,14H,13H2,1-2H3. The highest BCUT2D eigenvalue weighted by atomic mass is 35.5. The fraction of sp³-hybridized carbons (Fsp3) is 0.125. The Labute approximate surface area is 173 Å². The number of hydrogen-bond donors (Lipinski definition) is 0. The molecule has 0 fully saturated rings. The van der Waals surface area contributed by atoms with Gasteiger partial charge in [0.25, 0.3) is 0 Å². The van der Waals surface area contributed by atoms with E-state index in [1.54, 1.807) is 42.6 Å². The fourth-order valence-corrected chi connectivity index (χ4v) is 3.51. The summed E-state index contributed by atoms with van der Waals surface area (Å²) in [5, 5.41) is 0.879. The zero-order valence-corrected chi connectivity index (χ0v) is 16.9. The van der Waals surface area contributed by atoms with Crippen LogP contribution in [0.4, 0.5) is 0 Å². The Morgan fingerprint density at radius 3 is 2.52 bits per heavy atom. The minimum absolute atomic E-state index is 0.109. The second kappa shape index (κ2) is 7.64. The largest absolute Gasteiger partial charge is 0.327 e. The number of halogens is 1. The van der Waals surface area contributed by atoms with Gasteiger partial charge in [0.2, 0.25) is 5.43 Å². The highest BCUT2D eigenvalue weighted by Crippen LogP contribution is 2.18. The quantitative estimate of drug-likeness (QED) is 0.454. The van der Waals surface area contributed by atoms with Crippen LogP contribution in [0.25, 0.3) is 11.0 Å². The summed E-state index contributed by atoms with van der Waals surface area (Å²) in [6.45, 7) is 4.42. The van der Waals surface area contributed by atoms with Gasteiger partial charge in [0.15, 0.2) is 5.78 Å². The van der Waals surface area contributed by atoms with E-state index in [4.69, 9.17) is 11.6 Å². The number of ketones is 1. The first-order chi connectivity index (χ1) is 13.9. The molecule has 4 aromatic rings. The van der Waals surface area contributed by atoms with Crippen LogP contribution in [0.5, 0.6) is 0 Å². The lowest BCUT2D eigenvalue weighted by Crippen LogP contribution is -2.21. The molecule has 144 valence electrons. The predicted molar refractivity (Wildman–Crippen MR) is 116 cm³/mol. The first kappa shape index (κ1) is 19.1. The zero-order valence-electron chi connectivity index (χ0n) is 16.1. The summed E-state index contributed by atoms with van der Waals surface area (Å²) in [5.74, 6) is -0.349. The molecular formula is C24H19ClN2O2. The molecule has 0 saturated carbocycles. The maximum atomic E-state index is 13.1. The van der Waals surface area contributed by atoms with Crippen molar-refractivity contribution in [1.29, 1.82) is 0 Å². The van der Waals surface area contributed by atoms with Crippen LogP contribution in [-0.2, 0) is 6.54 Å². The van der Waals surface area contributed by atoms with E-state index in [-0.39, 0.29) is 16.8 Å². The summed E-state index contributed by atoms with van der Waals surface area (Å²) in [6, 6.07) is 18.3. The number of rotatable bonds is 4. The van der Waals surface area contributed by atoms with Crippen molar-refractivity contribution in [2.24, 2.45) is 0 Å². The smallest absolute Gasteiger partial charge is 0.202 e. The van der Waals surface area contributed by atoms with Crippen LogP contribution in [0.1, 0.15) is 32.7 Å². The Bertz CT molecular complexity index is 1290. The van der Waals surface area contributed by atoms with Gasteiger partial charge >= 0.3 is 0 Å². The van der Waals surface area contributed by atoms with Gasteiger partial charge in [-0.15, -0.1) is 0 Å². The highest BCUT2D eigenvalue weighted by molar-refractivity contribution is 6.31. The van der Waals surface area contributed by atoms with E-state index in [2.05, 4.69) is 4.98 Å². The number of carbonyl (C=O) groups excluding carboxylic acids is 1. The molecule has 4 nitrogen and oxygen atoms in total. The van der Waals surface area contributed by atoms with Crippen molar-refractivity contribution in [3.05, 3.63) is 110 Å². The number of pyridine rings is 2. The van der Waals surface area contributed by atoms with Crippen molar-refractivity contribution in [3.63, 3.8) is 0 Å². The zero-order chi connectivity index (χ0) is 20.5. The van der Waals surface area contributed by atoms with E-state index in [1.165, 1.54) is 5.56 Å². The summed E-state index contributed by atoms with van der Waals surface area (Å²) in [6.07, 6.45) is 1.61. The fourth-order valence-electron chi connectivity index (χ4n) is 3.32. The Balaban J connectivity index is 1.90. The molecule has 0 N–H and O–H groups in total. The number of fused-ring (bicyclic) bond motifs is 1. The van der Waals surface area contributed by atoms with Crippen LogP contribution < -0.4 is 5.43 Å². The van der Waals surface area contributed by atoms with E-state index < -0.39 is 0 Å². The minimum Gasteiger partial charge on any atom is -0.327 e. The molecule has 0 aliphatic rings. The first-order valence-corrected chi connectivity index (χ1v) is 9.67. The lowest BCUT2D eigenvalue weighted by Gasteiger charge is -2.13. The average molecular weight is 403 g/mol. The molecule has 0 aliphatic carbocycles. The lowest BCUT2D eigenvalue weighted by atomic mass is 10.0. The monoisotopic (exact) mass is 402 g/mol. The van der Waals surface area contributed by atoms with Gasteiger partial charge in [-0.2, -0.15) is 0 Å². The van der Waals surface area contributed by atoms with E-state index in [0.717, 1.165) is 11.3 Å². The van der Waals surface area contributed by atoms with Crippen LogP contribution in [-0.4, -0.2) is 15.3 Å². The second-order valence-electron chi connectivity index (χ2n) is 7.15. The molecule has 0 unspecified atom stereocenters. The normalized spacial score (nSPS) is 11.0. The van der Waals surface area contributed by atoms with Crippen LogP contribution in [0, 0.1) is 13.8 Å². The van der Waals surface area contributed by atoms with Crippen molar-refractivity contribution in [1.82, 2.24) is 9.55 Å². The summed E-state index contributed by atoms with van der Waals surface area (Å²) in [5.41, 5.74) is 3.78. The van der Waals surface area contributed by atoms with Gasteiger partial charge < -0.3 is 4.57 Å². The van der Waals surface area contributed by atoms with Crippen LogP contribution in [0.3, 0.4) is 0 Å². The van der Waals surface area contributed by atoms with Gasteiger partial charge in [0, 0.05) is 29.0 Å². The molecule has 2 aromatic heterocycles. The molecule has 2 heterocycles. The van der Waals surface area contributed by atoms with Crippen molar-refractivity contribution in [2.45, 2.75) is 20.4 Å². The van der Waals surface area contributed by atoms with Crippen LogP contribution >= 0.6 is 11.6 Å². The van der Waals surface area contributed by atoms with Gasteiger partial charge in [-0.25, -0.2) is 4.98 Å². The minimum atomic E-state index is -0.349. The number of aryl methyl sites for hydroxylation is 2. The SMILES string of the molecule is Cc1ccc(Cn2cc(C(=O)c3cccc(Cl)c3)c(=O)c3ccc(C)nc32)cc1. The Morgan fingerprint density at radius 1 is 1.03 bits per heavy atom. The molecule has 0 amide bonds. The Hall–Kier alpha value is -3.24. The summed E-state index contributed by atoms with van der Waals surface area (Å²) < 4.78 is 1.87. The number of nitrogens with zero attached hydrogens (tertiary/aromatic N) is 2. The van der Waals surface area contributed by atoms with Gasteiger partial charge in [-0.3, -0.25) is 9.59 Å². The van der Waals surface area contributed by atoms with Gasteiger partial charge in [-0.05, 0) is 43.7 Å². The molecule has 2 aromatic carbocycles. The van der Waals surface area contributed by atoms with Crippen molar-refractivity contribution < 1.29 is 4.79 Å². The Kier molecular flexibility index (Phi) is 5.03. The molecular weight excluding hydrogens is 384 g/mol. The third-order valence-corrected chi connectivity index (χ3v) is 5.10. The van der Waals surface area contributed by atoms with E-state index in [9.17, 15) is 9.59 Å². The molecule has 0 saturated heterocycles. The highest BCUT2D eigenvalue weighted by Gasteiger charge is 2.18. The third kappa shape index (κ3) is 3.84. The number of aromatic nitrogens is 2. The number of hydrogen-bond acceptors (Lipinski definition) is 3. The number of carbonyl (C=O) groups is 1. The summed E-state index contributed by atoms with van der Waals surface area (Å²) >= 11 is 6.03. The van der Waals surface area contributed by atoms with Crippen molar-refractivity contribution >= 4 is 28.4 Å². The average Bonchev–Trinajstić information content (AvgIpc) is 2.71. The molecule has 0 bridgehead atoms. The summed E-state index contributed by atoms with van der Waals surface area (Å²) in [4.78, 5) is 30.7. The van der Waals surface area contributed by atoms with E-state index in [1.807, 2.05) is 42.7 Å². The van der Waals surface area contributed by atoms with Crippen molar-refractivity contribution in [2.75, 3.05) is 0 Å². The Morgan fingerprint density at radius 2 is 1.79 bits per heavy atom. The van der Waals surface area contributed by atoms with Gasteiger partial charge in [0.1, 0.15) is 5.65 Å². The molecule has 5 heteroatoms. The molecule has 4 rings (SSSR count). The second-order valence-corrected chi connectivity index (χ2v) is 7.59. The maximum absolute atomic E-state index is 13.1. The van der Waals surface area contributed by atoms with Crippen molar-refractivity contribution in [3.8, 4) is 0 Å². The third-order valence-electron chi connectivity index (χ3n) is 4.87. The van der Waals surface area contributed by atoms with Crippen LogP contribution in [0.15, 0.2) is 71.7 Å². The van der Waals surface area contributed by atoms with Gasteiger partial charge in [-0.1, -0.05) is 53.6 Å². The maximum Gasteiger partial charge on any atom is 0.202 e. The summed E-state index contributed by atoms with van der Waals surface area (Å²) in [7, 11) is 0. The molecule has 0 atom stereocenters.